The number of halogens is 3. The average molecular weight is 259 g/mol. The molecule has 96 valence electrons. The van der Waals surface area contributed by atoms with Crippen molar-refractivity contribution in [2.45, 2.75) is 36.7 Å². The molecule has 0 bridgehead atoms. The number of sulfone groups is 1. The van der Waals surface area contributed by atoms with Crippen molar-refractivity contribution in [1.29, 1.82) is 0 Å². The Hall–Kier alpha value is -0.300. The van der Waals surface area contributed by atoms with E-state index in [2.05, 4.69) is 0 Å². The Bertz CT molecular complexity index is 339. The Morgan fingerprint density at radius 1 is 1.31 bits per heavy atom. The maximum absolute atomic E-state index is 12.2. The molecule has 0 aromatic heterocycles. The quantitative estimate of drug-likeness (QED) is 0.769. The number of hydrogen-bond acceptors (Lipinski definition) is 3. The van der Waals surface area contributed by atoms with Gasteiger partial charge in [-0.05, 0) is 19.9 Å². The number of rotatable bonds is 3. The van der Waals surface area contributed by atoms with Crippen LogP contribution in [0.3, 0.4) is 0 Å². The Balaban J connectivity index is 2.72. The van der Waals surface area contributed by atoms with Crippen LogP contribution >= 0.6 is 0 Å². The number of hydrogen-bond donors (Lipinski definition) is 0. The van der Waals surface area contributed by atoms with Gasteiger partial charge in [-0.2, -0.15) is 13.2 Å². The Morgan fingerprint density at radius 3 is 2.31 bits per heavy atom. The first-order chi connectivity index (χ1) is 7.11. The van der Waals surface area contributed by atoms with Gasteiger partial charge in [0.25, 0.3) is 0 Å². The highest BCUT2D eigenvalue weighted by molar-refractivity contribution is 7.91. The fourth-order valence-electron chi connectivity index (χ4n) is 2.31. The highest BCUT2D eigenvalue weighted by Gasteiger charge is 2.40. The molecule has 0 heterocycles. The van der Waals surface area contributed by atoms with Crippen LogP contribution in [0, 0.1) is 0 Å². The van der Waals surface area contributed by atoms with Crippen LogP contribution in [0.1, 0.15) is 19.3 Å². The van der Waals surface area contributed by atoms with Gasteiger partial charge in [0.2, 0.25) is 0 Å². The van der Waals surface area contributed by atoms with E-state index in [1.807, 2.05) is 0 Å². The van der Waals surface area contributed by atoms with Crippen molar-refractivity contribution in [3.05, 3.63) is 0 Å². The van der Waals surface area contributed by atoms with Crippen molar-refractivity contribution in [3.8, 4) is 0 Å². The van der Waals surface area contributed by atoms with E-state index in [0.717, 1.165) is 11.2 Å². The zero-order chi connectivity index (χ0) is 12.6. The standard InChI is InChI=1S/C9H16F3NO2S/c1-13(6-9(10,11)12)7-4-3-5-8(7)16(2,14)15/h7-8H,3-6H2,1-2H3/t7-,8-/m0/s1. The SMILES string of the molecule is CN(CC(F)(F)F)[C@H]1CCC[C@@H]1S(C)(=O)=O. The molecule has 0 N–H and O–H groups in total. The molecule has 0 amide bonds. The summed E-state index contributed by atoms with van der Waals surface area (Å²) in [5, 5.41) is -0.653. The van der Waals surface area contributed by atoms with Crippen LogP contribution in [-0.4, -0.2) is 50.6 Å². The molecule has 7 heteroatoms. The van der Waals surface area contributed by atoms with Gasteiger partial charge in [0, 0.05) is 12.3 Å². The van der Waals surface area contributed by atoms with E-state index >= 15 is 0 Å². The Morgan fingerprint density at radius 2 is 1.88 bits per heavy atom. The van der Waals surface area contributed by atoms with Crippen molar-refractivity contribution in [1.82, 2.24) is 4.90 Å². The topological polar surface area (TPSA) is 37.4 Å². The summed E-state index contributed by atoms with van der Waals surface area (Å²) < 4.78 is 59.4. The molecular formula is C9H16F3NO2S. The summed E-state index contributed by atoms with van der Waals surface area (Å²) in [5.41, 5.74) is 0. The van der Waals surface area contributed by atoms with Crippen LogP contribution in [0.4, 0.5) is 13.2 Å². The third kappa shape index (κ3) is 3.62. The van der Waals surface area contributed by atoms with E-state index in [1.165, 1.54) is 7.05 Å². The zero-order valence-electron chi connectivity index (χ0n) is 9.29. The Kier molecular flexibility index (Phi) is 3.89. The van der Waals surface area contributed by atoms with Crippen molar-refractivity contribution in [2.75, 3.05) is 19.8 Å². The first-order valence-electron chi connectivity index (χ1n) is 5.07. The van der Waals surface area contributed by atoms with Crippen LogP contribution in [0.15, 0.2) is 0 Å². The van der Waals surface area contributed by atoms with Crippen LogP contribution in [0.2, 0.25) is 0 Å². The lowest BCUT2D eigenvalue weighted by Crippen LogP contribution is -2.45. The molecule has 16 heavy (non-hydrogen) atoms. The van der Waals surface area contributed by atoms with Crippen LogP contribution in [0.5, 0.6) is 0 Å². The maximum Gasteiger partial charge on any atom is 0.401 e. The summed E-state index contributed by atoms with van der Waals surface area (Å²) in [5.74, 6) is 0. The third-order valence-corrected chi connectivity index (χ3v) is 4.61. The molecule has 0 unspecified atom stereocenters. The first kappa shape index (κ1) is 13.8. The summed E-state index contributed by atoms with van der Waals surface area (Å²) in [4.78, 5) is 1.11. The predicted octanol–water partition coefficient (Wildman–Crippen LogP) is 1.45. The van der Waals surface area contributed by atoms with Gasteiger partial charge in [0.05, 0.1) is 11.8 Å². The molecule has 1 aliphatic rings. The van der Waals surface area contributed by atoms with E-state index in [4.69, 9.17) is 0 Å². The highest BCUT2D eigenvalue weighted by atomic mass is 32.2. The minimum absolute atomic E-state index is 0.464. The van der Waals surface area contributed by atoms with Crippen LogP contribution < -0.4 is 0 Å². The molecule has 0 spiro atoms. The third-order valence-electron chi connectivity index (χ3n) is 2.96. The lowest BCUT2D eigenvalue weighted by atomic mass is 10.2. The highest BCUT2D eigenvalue weighted by Crippen LogP contribution is 2.30. The van der Waals surface area contributed by atoms with E-state index in [0.29, 0.717) is 19.3 Å². The van der Waals surface area contributed by atoms with E-state index < -0.39 is 33.9 Å². The molecule has 0 saturated heterocycles. The molecule has 0 aromatic carbocycles. The fourth-order valence-corrected chi connectivity index (χ4v) is 3.82. The molecule has 3 nitrogen and oxygen atoms in total. The first-order valence-corrected chi connectivity index (χ1v) is 7.02. The smallest absolute Gasteiger partial charge is 0.294 e. The lowest BCUT2D eigenvalue weighted by molar-refractivity contribution is -0.147. The van der Waals surface area contributed by atoms with Gasteiger partial charge in [0.15, 0.2) is 9.84 Å². The fraction of sp³-hybridized carbons (Fsp3) is 1.00. The Labute approximate surface area is 93.5 Å². The van der Waals surface area contributed by atoms with Gasteiger partial charge < -0.3 is 0 Å². The molecule has 0 aliphatic heterocycles. The van der Waals surface area contributed by atoms with E-state index in [-0.39, 0.29) is 0 Å². The molecule has 1 saturated carbocycles. The van der Waals surface area contributed by atoms with Gasteiger partial charge in [0.1, 0.15) is 0 Å². The monoisotopic (exact) mass is 259 g/mol. The molecular weight excluding hydrogens is 243 g/mol. The van der Waals surface area contributed by atoms with Gasteiger partial charge in [-0.3, -0.25) is 4.90 Å². The van der Waals surface area contributed by atoms with Crippen molar-refractivity contribution in [2.24, 2.45) is 0 Å². The summed E-state index contributed by atoms with van der Waals surface area (Å²) in [7, 11) is -1.93. The second-order valence-corrected chi connectivity index (χ2v) is 6.66. The van der Waals surface area contributed by atoms with Crippen LogP contribution in [0.25, 0.3) is 0 Å². The van der Waals surface area contributed by atoms with E-state index in [9.17, 15) is 21.6 Å². The summed E-state index contributed by atoms with van der Waals surface area (Å²) >= 11 is 0. The maximum atomic E-state index is 12.2. The number of nitrogens with zero attached hydrogens (tertiary/aromatic N) is 1. The second kappa shape index (κ2) is 4.52. The molecule has 1 aliphatic carbocycles. The normalized spacial score (nSPS) is 27.6. The molecule has 1 fully saturated rings. The lowest BCUT2D eigenvalue weighted by Gasteiger charge is -2.29. The van der Waals surface area contributed by atoms with Gasteiger partial charge in [-0.25, -0.2) is 8.42 Å². The van der Waals surface area contributed by atoms with Gasteiger partial charge >= 0.3 is 6.18 Å². The summed E-state index contributed by atoms with van der Waals surface area (Å²) in [6.07, 6.45) is -1.53. The van der Waals surface area contributed by atoms with Gasteiger partial charge in [-0.1, -0.05) is 6.42 Å². The van der Waals surface area contributed by atoms with Crippen LogP contribution in [-0.2, 0) is 9.84 Å². The van der Waals surface area contributed by atoms with Crippen molar-refractivity contribution in [3.63, 3.8) is 0 Å². The molecule has 0 aromatic rings. The van der Waals surface area contributed by atoms with E-state index in [1.54, 1.807) is 0 Å². The zero-order valence-corrected chi connectivity index (χ0v) is 10.1. The summed E-state index contributed by atoms with van der Waals surface area (Å²) in [6.45, 7) is -1.05. The second-order valence-electron chi connectivity index (χ2n) is 4.40. The molecule has 2 atom stereocenters. The van der Waals surface area contributed by atoms with Crippen molar-refractivity contribution >= 4 is 9.84 Å². The number of alkyl halides is 3. The van der Waals surface area contributed by atoms with Crippen molar-refractivity contribution < 1.29 is 21.6 Å². The molecule has 0 radical (unpaired) electrons. The summed E-state index contributed by atoms with van der Waals surface area (Å²) in [6, 6.07) is -0.503. The molecule has 1 rings (SSSR count). The average Bonchev–Trinajstić information content (AvgIpc) is 2.45. The predicted molar refractivity (Wildman–Crippen MR) is 55.0 cm³/mol. The minimum atomic E-state index is -4.28. The van der Waals surface area contributed by atoms with Gasteiger partial charge in [-0.15, -0.1) is 0 Å². The minimum Gasteiger partial charge on any atom is -0.294 e. The largest absolute Gasteiger partial charge is 0.401 e.